The van der Waals surface area contributed by atoms with E-state index >= 15 is 0 Å². The molecule has 0 spiro atoms. The van der Waals surface area contributed by atoms with Crippen LogP contribution in [0.5, 0.6) is 0 Å². The van der Waals surface area contributed by atoms with Crippen LogP contribution in [-0.4, -0.2) is 58.8 Å². The van der Waals surface area contributed by atoms with Gasteiger partial charge in [0.25, 0.3) is 0 Å². The highest BCUT2D eigenvalue weighted by molar-refractivity contribution is 5.73. The van der Waals surface area contributed by atoms with E-state index in [2.05, 4.69) is 0 Å². The van der Waals surface area contributed by atoms with Gasteiger partial charge in [-0.15, -0.1) is 0 Å². The zero-order chi connectivity index (χ0) is 19.3. The number of carboxylic acids is 1. The fourth-order valence-corrected chi connectivity index (χ4v) is 2.56. The molecule has 0 aromatic heterocycles. The van der Waals surface area contributed by atoms with Crippen molar-refractivity contribution < 1.29 is 43.5 Å². The van der Waals surface area contributed by atoms with E-state index in [4.69, 9.17) is 18.9 Å². The molecule has 0 amide bonds. The first-order valence-corrected chi connectivity index (χ1v) is 7.86. The van der Waals surface area contributed by atoms with Crippen molar-refractivity contribution in [2.45, 2.75) is 51.2 Å². The summed E-state index contributed by atoms with van der Waals surface area (Å²) in [5, 5.41) is 19.6. The number of aliphatic carboxylic acids is 1. The highest BCUT2D eigenvalue weighted by atomic mass is 16.7. The minimum absolute atomic E-state index is 0.0134. The topological polar surface area (TPSA) is 129 Å². The molecule has 142 valence electrons. The van der Waals surface area contributed by atoms with Gasteiger partial charge in [0.15, 0.2) is 12.2 Å². The summed E-state index contributed by atoms with van der Waals surface area (Å²) in [6.45, 7) is 2.23. The maximum absolute atomic E-state index is 11.4. The third-order valence-corrected chi connectivity index (χ3v) is 3.63. The number of aliphatic hydroxyl groups is 1. The molecule has 5 atom stereocenters. The summed E-state index contributed by atoms with van der Waals surface area (Å²) < 4.78 is 20.8. The van der Waals surface area contributed by atoms with Crippen LogP contribution in [0.2, 0.25) is 0 Å². The molecule has 26 heavy (non-hydrogen) atoms. The van der Waals surface area contributed by atoms with E-state index in [9.17, 15) is 24.6 Å². The molecule has 2 N–H and O–H groups in total. The first-order chi connectivity index (χ1) is 12.3. The summed E-state index contributed by atoms with van der Waals surface area (Å²) in [5.41, 5.74) is 0.753. The van der Waals surface area contributed by atoms with Gasteiger partial charge in [0, 0.05) is 13.8 Å². The minimum atomic E-state index is -1.72. The maximum atomic E-state index is 11.4. The van der Waals surface area contributed by atoms with Gasteiger partial charge in [-0.2, -0.15) is 0 Å². The standard InChI is InChI=1S/C17H20O9/c1-9(18)24-15-13(23-8-11-6-4-3-5-7-11)12(20)14(16(21)22)26-17(15)25-10(2)19/h3-7,12-15,17,20H,8H2,1-2H3,(H,21,22)/t12-,13-,14+,15+,17-/m0/s1. The molecule has 0 bridgehead atoms. The molecule has 1 aromatic carbocycles. The summed E-state index contributed by atoms with van der Waals surface area (Å²) in [5.74, 6) is -2.97. The Labute approximate surface area is 149 Å². The van der Waals surface area contributed by atoms with Crippen LogP contribution in [0.25, 0.3) is 0 Å². The van der Waals surface area contributed by atoms with Gasteiger partial charge in [-0.05, 0) is 5.56 Å². The summed E-state index contributed by atoms with van der Waals surface area (Å²) >= 11 is 0. The van der Waals surface area contributed by atoms with E-state index in [1.165, 1.54) is 0 Å². The average Bonchev–Trinajstić information content (AvgIpc) is 2.56. The highest BCUT2D eigenvalue weighted by Gasteiger charge is 2.52. The minimum Gasteiger partial charge on any atom is -0.479 e. The van der Waals surface area contributed by atoms with Crippen molar-refractivity contribution in [3.63, 3.8) is 0 Å². The number of rotatable bonds is 6. The highest BCUT2D eigenvalue weighted by Crippen LogP contribution is 2.28. The van der Waals surface area contributed by atoms with Gasteiger partial charge in [-0.1, -0.05) is 30.3 Å². The molecular formula is C17H20O9. The number of hydrogen-bond donors (Lipinski definition) is 2. The largest absolute Gasteiger partial charge is 0.479 e. The van der Waals surface area contributed by atoms with Crippen LogP contribution < -0.4 is 0 Å². The van der Waals surface area contributed by atoms with Crippen LogP contribution in [0.4, 0.5) is 0 Å². The molecule has 1 aliphatic heterocycles. The first-order valence-electron chi connectivity index (χ1n) is 7.86. The van der Waals surface area contributed by atoms with Crippen molar-refractivity contribution in [2.24, 2.45) is 0 Å². The lowest BCUT2D eigenvalue weighted by Crippen LogP contribution is -2.62. The van der Waals surface area contributed by atoms with Crippen LogP contribution in [0, 0.1) is 0 Å². The lowest BCUT2D eigenvalue weighted by Gasteiger charge is -2.41. The van der Waals surface area contributed by atoms with E-state index in [0.29, 0.717) is 0 Å². The Hall–Kier alpha value is -2.49. The van der Waals surface area contributed by atoms with Crippen LogP contribution in [-0.2, 0) is 39.9 Å². The number of carbonyl (C=O) groups is 3. The molecular weight excluding hydrogens is 348 g/mol. The first kappa shape index (κ1) is 19.8. The Bertz CT molecular complexity index is 645. The lowest BCUT2D eigenvalue weighted by molar-refractivity contribution is -0.297. The molecule has 1 aliphatic rings. The van der Waals surface area contributed by atoms with Crippen molar-refractivity contribution >= 4 is 17.9 Å². The van der Waals surface area contributed by atoms with Gasteiger partial charge in [0.2, 0.25) is 6.29 Å². The summed E-state index contributed by atoms with van der Waals surface area (Å²) in [4.78, 5) is 34.1. The molecule has 0 saturated carbocycles. The van der Waals surface area contributed by atoms with Gasteiger partial charge >= 0.3 is 17.9 Å². The van der Waals surface area contributed by atoms with Crippen molar-refractivity contribution in [3.8, 4) is 0 Å². The predicted octanol–water partition coefficient (Wildman–Crippen LogP) is 0.237. The Morgan fingerprint density at radius 2 is 1.65 bits per heavy atom. The molecule has 9 nitrogen and oxygen atoms in total. The second-order valence-corrected chi connectivity index (χ2v) is 5.70. The third kappa shape index (κ3) is 5.01. The molecule has 0 unspecified atom stereocenters. The Morgan fingerprint density at radius 1 is 1.04 bits per heavy atom. The normalized spacial score (nSPS) is 28.2. The zero-order valence-electron chi connectivity index (χ0n) is 14.2. The fraction of sp³-hybridized carbons (Fsp3) is 0.471. The molecule has 0 radical (unpaired) electrons. The SMILES string of the molecule is CC(=O)O[C@H]1O[C@@H](C(=O)O)[C@@H](O)[C@H](OCc2ccccc2)[C@H]1OC(C)=O. The second-order valence-electron chi connectivity index (χ2n) is 5.70. The summed E-state index contributed by atoms with van der Waals surface area (Å²) in [6, 6.07) is 8.91. The Balaban J connectivity index is 2.26. The molecule has 1 aromatic rings. The van der Waals surface area contributed by atoms with Crippen LogP contribution in [0.1, 0.15) is 19.4 Å². The average molecular weight is 368 g/mol. The number of benzene rings is 1. The van der Waals surface area contributed by atoms with E-state index in [1.807, 2.05) is 6.07 Å². The van der Waals surface area contributed by atoms with E-state index < -0.39 is 48.6 Å². The van der Waals surface area contributed by atoms with Crippen molar-refractivity contribution in [2.75, 3.05) is 0 Å². The number of hydrogen-bond acceptors (Lipinski definition) is 8. The Kier molecular flexibility index (Phi) is 6.67. The molecule has 1 fully saturated rings. The smallest absolute Gasteiger partial charge is 0.335 e. The van der Waals surface area contributed by atoms with Crippen LogP contribution in [0.3, 0.4) is 0 Å². The van der Waals surface area contributed by atoms with Gasteiger partial charge in [0.05, 0.1) is 6.61 Å². The fourth-order valence-electron chi connectivity index (χ4n) is 2.56. The second kappa shape index (κ2) is 8.75. The van der Waals surface area contributed by atoms with E-state index in [1.54, 1.807) is 24.3 Å². The molecule has 0 aliphatic carbocycles. The predicted molar refractivity (Wildman–Crippen MR) is 84.6 cm³/mol. The van der Waals surface area contributed by atoms with E-state index in [-0.39, 0.29) is 6.61 Å². The number of carboxylic acid groups (broad SMARTS) is 1. The van der Waals surface area contributed by atoms with Crippen molar-refractivity contribution in [1.29, 1.82) is 0 Å². The van der Waals surface area contributed by atoms with Crippen molar-refractivity contribution in [3.05, 3.63) is 35.9 Å². The third-order valence-electron chi connectivity index (χ3n) is 3.63. The number of esters is 2. The van der Waals surface area contributed by atoms with Crippen molar-refractivity contribution in [1.82, 2.24) is 0 Å². The lowest BCUT2D eigenvalue weighted by atomic mass is 9.98. The molecule has 2 rings (SSSR count). The van der Waals surface area contributed by atoms with Crippen LogP contribution in [0.15, 0.2) is 30.3 Å². The molecule has 9 heteroatoms. The maximum Gasteiger partial charge on any atom is 0.335 e. The number of ether oxygens (including phenoxy) is 4. The molecule has 1 saturated heterocycles. The molecule has 1 heterocycles. The quantitative estimate of drug-likeness (QED) is 0.678. The number of carbonyl (C=O) groups excluding carboxylic acids is 2. The monoisotopic (exact) mass is 368 g/mol. The van der Waals surface area contributed by atoms with Crippen LogP contribution >= 0.6 is 0 Å². The summed E-state index contributed by atoms with van der Waals surface area (Å²) in [7, 11) is 0. The van der Waals surface area contributed by atoms with E-state index in [0.717, 1.165) is 19.4 Å². The van der Waals surface area contributed by atoms with Gasteiger partial charge < -0.3 is 29.2 Å². The summed E-state index contributed by atoms with van der Waals surface area (Å²) in [6.07, 6.45) is -7.50. The van der Waals surface area contributed by atoms with Gasteiger partial charge in [0.1, 0.15) is 12.2 Å². The number of aliphatic hydroxyl groups excluding tert-OH is 1. The van der Waals surface area contributed by atoms with Gasteiger partial charge in [-0.25, -0.2) is 4.79 Å². The van der Waals surface area contributed by atoms with Gasteiger partial charge in [-0.3, -0.25) is 9.59 Å². The zero-order valence-corrected chi connectivity index (χ0v) is 14.2. The Morgan fingerprint density at radius 3 is 2.19 bits per heavy atom.